The molecular formula is C30H32N2O. The minimum absolute atomic E-state index is 0.163. The van der Waals surface area contributed by atoms with Crippen molar-refractivity contribution in [1.82, 2.24) is 10.3 Å². The van der Waals surface area contributed by atoms with Crippen LogP contribution in [0.15, 0.2) is 91.1 Å². The summed E-state index contributed by atoms with van der Waals surface area (Å²) in [6, 6.07) is 30.3. The number of fused-ring (bicyclic) bond motifs is 1. The van der Waals surface area contributed by atoms with Gasteiger partial charge in [-0.1, -0.05) is 72.8 Å². The fraction of sp³-hybridized carbons (Fsp3) is 0.300. The second-order valence-corrected chi connectivity index (χ2v) is 9.05. The predicted octanol–water partition coefficient (Wildman–Crippen LogP) is 6.07. The van der Waals surface area contributed by atoms with E-state index in [1.165, 1.54) is 33.2 Å². The smallest absolute Gasteiger partial charge is 0.0773 e. The van der Waals surface area contributed by atoms with Crippen LogP contribution in [0.2, 0.25) is 0 Å². The first kappa shape index (κ1) is 21.8. The number of rotatable bonds is 8. The van der Waals surface area contributed by atoms with Crippen molar-refractivity contribution >= 4 is 10.8 Å². The van der Waals surface area contributed by atoms with E-state index in [1.807, 2.05) is 0 Å². The second-order valence-electron chi connectivity index (χ2n) is 9.05. The molecular weight excluding hydrogens is 404 g/mol. The Labute approximate surface area is 196 Å². The lowest BCUT2D eigenvalue weighted by Gasteiger charge is -2.32. The van der Waals surface area contributed by atoms with Crippen LogP contribution in [0.25, 0.3) is 10.8 Å². The van der Waals surface area contributed by atoms with Gasteiger partial charge >= 0.3 is 0 Å². The van der Waals surface area contributed by atoms with Crippen LogP contribution in [0.1, 0.15) is 41.1 Å². The van der Waals surface area contributed by atoms with Gasteiger partial charge in [0.25, 0.3) is 0 Å². The maximum Gasteiger partial charge on any atom is 0.0773 e. The molecule has 0 radical (unpaired) electrons. The van der Waals surface area contributed by atoms with E-state index in [1.54, 1.807) is 0 Å². The van der Waals surface area contributed by atoms with Gasteiger partial charge in [0, 0.05) is 24.4 Å². The van der Waals surface area contributed by atoms with E-state index in [0.29, 0.717) is 12.5 Å². The summed E-state index contributed by atoms with van der Waals surface area (Å²) >= 11 is 0. The maximum absolute atomic E-state index is 6.44. The highest BCUT2D eigenvalue weighted by molar-refractivity contribution is 5.82. The molecule has 0 saturated carbocycles. The van der Waals surface area contributed by atoms with Crippen molar-refractivity contribution < 1.29 is 4.74 Å². The molecule has 0 aliphatic carbocycles. The summed E-state index contributed by atoms with van der Waals surface area (Å²) in [5, 5.41) is 6.05. The molecule has 0 bridgehead atoms. The van der Waals surface area contributed by atoms with Gasteiger partial charge in [-0.3, -0.25) is 4.98 Å². The Morgan fingerprint density at radius 2 is 1.67 bits per heavy atom. The molecule has 5 rings (SSSR count). The van der Waals surface area contributed by atoms with E-state index < -0.39 is 0 Å². The minimum atomic E-state index is 0.163. The number of nitrogens with zero attached hydrogens (tertiary/aromatic N) is 1. The molecule has 2 atom stereocenters. The molecule has 0 amide bonds. The molecule has 0 spiro atoms. The van der Waals surface area contributed by atoms with Crippen LogP contribution in [0.5, 0.6) is 0 Å². The molecule has 3 nitrogen and oxygen atoms in total. The molecule has 4 aromatic rings. The van der Waals surface area contributed by atoms with Crippen LogP contribution in [-0.2, 0) is 24.2 Å². The van der Waals surface area contributed by atoms with Gasteiger partial charge in [0.15, 0.2) is 0 Å². The first-order valence-electron chi connectivity index (χ1n) is 12.1. The molecule has 168 valence electrons. The Hall–Kier alpha value is -3.01. The molecule has 1 aromatic heterocycles. The highest BCUT2D eigenvalue weighted by Crippen LogP contribution is 2.28. The zero-order valence-electron chi connectivity index (χ0n) is 19.1. The van der Waals surface area contributed by atoms with Crippen LogP contribution < -0.4 is 5.32 Å². The largest absolute Gasteiger partial charge is 0.372 e. The highest BCUT2D eigenvalue weighted by Gasteiger charge is 2.27. The third-order valence-electron chi connectivity index (χ3n) is 6.72. The van der Waals surface area contributed by atoms with Gasteiger partial charge in [0.05, 0.1) is 12.7 Å². The standard InChI is InChI=1S/C30H32N2O/c1-2-7-23(8-3-1)9-6-12-28-16-15-27(20-32-28)29-17-18-31-21-30(29)33-22-24-13-14-25-10-4-5-11-26(25)19-24/h1-5,7-8,10-11,13-16,19-20,29-31H,6,9,12,17-18,21-22H2. The fourth-order valence-corrected chi connectivity index (χ4v) is 4.84. The van der Waals surface area contributed by atoms with Crippen molar-refractivity contribution in [3.05, 3.63) is 114 Å². The summed E-state index contributed by atoms with van der Waals surface area (Å²) in [6.45, 7) is 2.55. The van der Waals surface area contributed by atoms with Crippen LogP contribution in [0, 0.1) is 0 Å². The van der Waals surface area contributed by atoms with E-state index in [2.05, 4.69) is 96.4 Å². The minimum Gasteiger partial charge on any atom is -0.372 e. The SMILES string of the molecule is c1ccc(CCCc2ccc(C3CCNCC3OCc3ccc4ccccc4c3)cn2)cc1. The second kappa shape index (κ2) is 10.7. The van der Waals surface area contributed by atoms with Crippen molar-refractivity contribution in [1.29, 1.82) is 0 Å². The van der Waals surface area contributed by atoms with Crippen LogP contribution in [0.3, 0.4) is 0 Å². The average Bonchev–Trinajstić information content (AvgIpc) is 2.89. The summed E-state index contributed by atoms with van der Waals surface area (Å²) in [5.41, 5.74) is 5.10. The summed E-state index contributed by atoms with van der Waals surface area (Å²) in [5.74, 6) is 0.387. The van der Waals surface area contributed by atoms with Crippen LogP contribution in [-0.4, -0.2) is 24.2 Å². The molecule has 3 aromatic carbocycles. The number of hydrogen-bond donors (Lipinski definition) is 1. The third-order valence-corrected chi connectivity index (χ3v) is 6.72. The number of piperidine rings is 1. The summed E-state index contributed by atoms with van der Waals surface area (Å²) in [6.07, 6.45) is 6.57. The highest BCUT2D eigenvalue weighted by atomic mass is 16.5. The van der Waals surface area contributed by atoms with Gasteiger partial charge in [0.2, 0.25) is 0 Å². The molecule has 1 aliphatic rings. The summed E-state index contributed by atoms with van der Waals surface area (Å²) in [7, 11) is 0. The van der Waals surface area contributed by atoms with Gasteiger partial charge in [-0.05, 0) is 71.8 Å². The fourth-order valence-electron chi connectivity index (χ4n) is 4.84. The van der Waals surface area contributed by atoms with E-state index in [0.717, 1.165) is 38.8 Å². The van der Waals surface area contributed by atoms with Gasteiger partial charge in [-0.2, -0.15) is 0 Å². The molecule has 1 saturated heterocycles. The number of ether oxygens (including phenoxy) is 1. The predicted molar refractivity (Wildman–Crippen MR) is 135 cm³/mol. The normalized spacial score (nSPS) is 18.4. The van der Waals surface area contributed by atoms with Crippen molar-refractivity contribution in [3.63, 3.8) is 0 Å². The van der Waals surface area contributed by atoms with Crippen molar-refractivity contribution in [3.8, 4) is 0 Å². The van der Waals surface area contributed by atoms with Crippen molar-refractivity contribution in [2.75, 3.05) is 13.1 Å². The van der Waals surface area contributed by atoms with Gasteiger partial charge < -0.3 is 10.1 Å². The zero-order valence-corrected chi connectivity index (χ0v) is 19.1. The molecule has 2 heterocycles. The molecule has 1 N–H and O–H groups in total. The Kier molecular flexibility index (Phi) is 7.10. The van der Waals surface area contributed by atoms with E-state index in [-0.39, 0.29) is 6.10 Å². The summed E-state index contributed by atoms with van der Waals surface area (Å²) in [4.78, 5) is 4.80. The van der Waals surface area contributed by atoms with E-state index in [9.17, 15) is 0 Å². The topological polar surface area (TPSA) is 34.1 Å². The zero-order chi connectivity index (χ0) is 22.3. The average molecular weight is 437 g/mol. The van der Waals surface area contributed by atoms with Gasteiger partial charge in [0.1, 0.15) is 0 Å². The number of hydrogen-bond acceptors (Lipinski definition) is 3. The van der Waals surface area contributed by atoms with Crippen LogP contribution >= 0.6 is 0 Å². The monoisotopic (exact) mass is 436 g/mol. The number of pyridine rings is 1. The lowest BCUT2D eigenvalue weighted by Crippen LogP contribution is -2.41. The number of aromatic nitrogens is 1. The Bertz CT molecular complexity index is 1160. The van der Waals surface area contributed by atoms with E-state index >= 15 is 0 Å². The Morgan fingerprint density at radius 3 is 2.52 bits per heavy atom. The Morgan fingerprint density at radius 1 is 0.818 bits per heavy atom. The first-order valence-corrected chi connectivity index (χ1v) is 12.1. The molecule has 1 fully saturated rings. The first-order chi connectivity index (χ1) is 16.3. The quantitative estimate of drug-likeness (QED) is 0.364. The number of aryl methyl sites for hydroxylation is 2. The number of benzene rings is 3. The molecule has 1 aliphatic heterocycles. The molecule has 33 heavy (non-hydrogen) atoms. The summed E-state index contributed by atoms with van der Waals surface area (Å²) < 4.78 is 6.44. The van der Waals surface area contributed by atoms with Crippen molar-refractivity contribution in [2.45, 2.75) is 44.3 Å². The molecule has 2 unspecified atom stereocenters. The maximum atomic E-state index is 6.44. The van der Waals surface area contributed by atoms with E-state index in [4.69, 9.17) is 9.72 Å². The van der Waals surface area contributed by atoms with Gasteiger partial charge in [-0.15, -0.1) is 0 Å². The number of nitrogens with one attached hydrogen (secondary N) is 1. The third kappa shape index (κ3) is 5.68. The molecule has 3 heteroatoms. The van der Waals surface area contributed by atoms with Gasteiger partial charge in [-0.25, -0.2) is 0 Å². The lowest BCUT2D eigenvalue weighted by atomic mass is 9.88. The Balaban J connectivity index is 1.18. The lowest BCUT2D eigenvalue weighted by molar-refractivity contribution is 0.0106. The van der Waals surface area contributed by atoms with Crippen molar-refractivity contribution in [2.24, 2.45) is 0 Å². The van der Waals surface area contributed by atoms with Crippen LogP contribution in [0.4, 0.5) is 0 Å².